The molecule has 0 aromatic carbocycles. The predicted octanol–water partition coefficient (Wildman–Crippen LogP) is 0.344. The molecule has 4 bridgehead atoms. The Kier molecular flexibility index (Phi) is 10.5. The molecular weight excluding hydrogens is 594 g/mol. The highest BCUT2D eigenvalue weighted by Gasteiger charge is 2.32. The van der Waals surface area contributed by atoms with E-state index in [1.54, 1.807) is 18.2 Å². The molecule has 45 heavy (non-hydrogen) atoms. The number of carboxylic acid groups (broad SMARTS) is 4. The van der Waals surface area contributed by atoms with Crippen molar-refractivity contribution in [1.29, 1.82) is 0 Å². The van der Waals surface area contributed by atoms with Gasteiger partial charge >= 0.3 is 23.9 Å². The molecular formula is C29H31N5O11. The number of amides is 2. The number of hydrogen-bond donors (Lipinski definition) is 4. The Labute approximate surface area is 256 Å². The fourth-order valence-electron chi connectivity index (χ4n) is 5.09. The monoisotopic (exact) mass is 625 g/mol. The van der Waals surface area contributed by atoms with Gasteiger partial charge in [0.2, 0.25) is 0 Å². The van der Waals surface area contributed by atoms with Gasteiger partial charge in [0, 0.05) is 57.0 Å². The summed E-state index contributed by atoms with van der Waals surface area (Å²) >= 11 is 0. The van der Waals surface area contributed by atoms with Crippen LogP contribution in [0.15, 0.2) is 42.5 Å². The van der Waals surface area contributed by atoms with Crippen LogP contribution in [-0.4, -0.2) is 106 Å². The third-order valence-corrected chi connectivity index (χ3v) is 7.11. The number of carboxylic acids is 4. The van der Waals surface area contributed by atoms with Crippen molar-refractivity contribution in [3.05, 3.63) is 65.3 Å². The van der Waals surface area contributed by atoms with Crippen LogP contribution >= 0.6 is 0 Å². The zero-order valence-electron chi connectivity index (χ0n) is 23.9. The average molecular weight is 626 g/mol. The van der Waals surface area contributed by atoms with Gasteiger partial charge < -0.3 is 25.2 Å². The molecule has 2 aromatic heterocycles. The van der Waals surface area contributed by atoms with Gasteiger partial charge in [-0.05, 0) is 18.6 Å². The summed E-state index contributed by atoms with van der Waals surface area (Å²) in [5.41, 5.74) is 1.30. The molecule has 0 saturated carbocycles. The largest absolute Gasteiger partial charge is 0.493 e. The van der Waals surface area contributed by atoms with Crippen molar-refractivity contribution >= 4 is 35.7 Å². The van der Waals surface area contributed by atoms with Gasteiger partial charge in [0.15, 0.2) is 0 Å². The highest BCUT2D eigenvalue weighted by atomic mass is 16.5. The van der Waals surface area contributed by atoms with Gasteiger partial charge in [-0.15, -0.1) is 0 Å². The second kappa shape index (κ2) is 14.5. The molecule has 2 aliphatic rings. The van der Waals surface area contributed by atoms with Crippen molar-refractivity contribution in [3.8, 4) is 5.75 Å². The van der Waals surface area contributed by atoms with Crippen LogP contribution in [0.4, 0.5) is 0 Å². The molecule has 238 valence electrons. The molecule has 16 nitrogen and oxygen atoms in total. The Morgan fingerprint density at radius 3 is 1.62 bits per heavy atom. The number of carbonyl (C=O) groups is 6. The van der Waals surface area contributed by atoms with E-state index in [0.29, 0.717) is 11.4 Å². The van der Waals surface area contributed by atoms with E-state index in [1.165, 1.54) is 34.1 Å². The lowest BCUT2D eigenvalue weighted by molar-refractivity contribution is -0.150. The molecule has 0 saturated heterocycles. The summed E-state index contributed by atoms with van der Waals surface area (Å²) in [6, 6.07) is 5.02. The van der Waals surface area contributed by atoms with Crippen molar-refractivity contribution in [1.82, 2.24) is 24.7 Å². The Balaban J connectivity index is 1.69. The lowest BCUT2D eigenvalue weighted by atomic mass is 10.1. The molecule has 0 aliphatic carbocycles. The lowest BCUT2D eigenvalue weighted by Crippen LogP contribution is -2.43. The van der Waals surface area contributed by atoms with Gasteiger partial charge in [0.05, 0.1) is 42.2 Å². The van der Waals surface area contributed by atoms with Crippen LogP contribution in [-0.2, 0) is 54.9 Å². The maximum atomic E-state index is 12.2. The number of rotatable bonds is 13. The SMILES string of the molecule is O=C(O)CC(C(=O)O)N1Cc2cccc(n2)CN(C(CC(=O)O)C(=O)O)Cc2cc(OCCCN3C(=O)C=CC3=O)cc(n2)C1. The van der Waals surface area contributed by atoms with Crippen LogP contribution in [0.1, 0.15) is 42.0 Å². The maximum absolute atomic E-state index is 12.2. The number of aliphatic carboxylic acids is 4. The Bertz CT molecular complexity index is 1430. The van der Waals surface area contributed by atoms with Gasteiger partial charge in [-0.3, -0.25) is 53.4 Å². The quantitative estimate of drug-likeness (QED) is 0.174. The van der Waals surface area contributed by atoms with E-state index in [0.717, 1.165) is 4.90 Å². The van der Waals surface area contributed by atoms with Gasteiger partial charge in [-0.1, -0.05) is 6.07 Å². The minimum absolute atomic E-state index is 0.0649. The predicted molar refractivity (Wildman–Crippen MR) is 150 cm³/mol. The second-order valence-corrected chi connectivity index (χ2v) is 10.5. The highest BCUT2D eigenvalue weighted by Crippen LogP contribution is 2.24. The minimum Gasteiger partial charge on any atom is -0.493 e. The van der Waals surface area contributed by atoms with E-state index in [1.807, 2.05) is 0 Å². The normalized spacial score (nSPS) is 16.8. The molecule has 2 atom stereocenters. The molecule has 0 spiro atoms. The summed E-state index contributed by atoms with van der Waals surface area (Å²) in [6.07, 6.45) is 1.22. The molecule has 0 fully saturated rings. The zero-order chi connectivity index (χ0) is 32.7. The van der Waals surface area contributed by atoms with E-state index in [2.05, 4.69) is 9.97 Å². The lowest BCUT2D eigenvalue weighted by Gasteiger charge is -2.30. The van der Waals surface area contributed by atoms with Crippen LogP contribution in [0.3, 0.4) is 0 Å². The summed E-state index contributed by atoms with van der Waals surface area (Å²) in [4.78, 5) is 84.2. The van der Waals surface area contributed by atoms with E-state index in [-0.39, 0.29) is 62.9 Å². The standard InChI is InChI=1S/C29H31N5O11/c35-24-5-6-25(36)34(24)7-2-8-45-21-9-19-15-32(22(28(41)42)11-26(37)38)13-17-3-1-4-18(30-17)14-33(16-20(10-21)31-19)23(29(43)44)12-27(39)40/h1,3-6,9-10,22-23H,2,7-8,11-16H2,(H,37,38)(H,39,40)(H,41,42)(H,43,44). The van der Waals surface area contributed by atoms with Crippen molar-refractivity contribution in [2.45, 2.75) is 57.5 Å². The number of ether oxygens (including phenoxy) is 1. The first-order chi connectivity index (χ1) is 21.4. The first-order valence-corrected chi connectivity index (χ1v) is 13.9. The van der Waals surface area contributed by atoms with E-state index < -0.39 is 60.6 Å². The number of nitrogens with zero attached hydrogens (tertiary/aromatic N) is 5. The molecule has 4 heterocycles. The summed E-state index contributed by atoms with van der Waals surface area (Å²) in [5.74, 6) is -5.97. The fraction of sp³-hybridized carbons (Fsp3) is 0.379. The van der Waals surface area contributed by atoms with Crippen LogP contribution in [0.2, 0.25) is 0 Å². The molecule has 0 radical (unpaired) electrons. The van der Waals surface area contributed by atoms with Gasteiger partial charge in [0.1, 0.15) is 17.8 Å². The smallest absolute Gasteiger partial charge is 0.321 e. The maximum Gasteiger partial charge on any atom is 0.321 e. The first kappa shape index (κ1) is 32.7. The van der Waals surface area contributed by atoms with Crippen molar-refractivity contribution in [3.63, 3.8) is 0 Å². The van der Waals surface area contributed by atoms with Gasteiger partial charge in [-0.2, -0.15) is 0 Å². The number of aromatic nitrogens is 2. The van der Waals surface area contributed by atoms with E-state index in [4.69, 9.17) is 4.74 Å². The first-order valence-electron chi connectivity index (χ1n) is 13.9. The summed E-state index contributed by atoms with van der Waals surface area (Å²) in [5, 5.41) is 38.7. The number of imide groups is 1. The molecule has 4 rings (SSSR count). The van der Waals surface area contributed by atoms with Crippen LogP contribution in [0, 0.1) is 0 Å². The number of pyridine rings is 2. The van der Waals surface area contributed by atoms with E-state index in [9.17, 15) is 49.2 Å². The molecule has 2 aromatic rings. The van der Waals surface area contributed by atoms with Crippen molar-refractivity contribution in [2.24, 2.45) is 0 Å². The zero-order valence-corrected chi connectivity index (χ0v) is 23.9. The summed E-state index contributed by atoms with van der Waals surface area (Å²) in [6.45, 7) is -0.324. The third-order valence-electron chi connectivity index (χ3n) is 7.11. The Morgan fingerprint density at radius 2 is 1.18 bits per heavy atom. The Hall–Kier alpha value is -5.22. The Morgan fingerprint density at radius 1 is 0.733 bits per heavy atom. The van der Waals surface area contributed by atoms with E-state index >= 15 is 0 Å². The number of hydrogen-bond acceptors (Lipinski definition) is 11. The fourth-order valence-corrected chi connectivity index (χ4v) is 5.09. The molecule has 2 aliphatic heterocycles. The van der Waals surface area contributed by atoms with Crippen molar-refractivity contribution < 1.29 is 53.9 Å². The molecule has 4 N–H and O–H groups in total. The third kappa shape index (κ3) is 8.90. The summed E-state index contributed by atoms with van der Waals surface area (Å²) < 4.78 is 5.89. The topological polar surface area (TPSA) is 228 Å². The molecule has 2 amide bonds. The second-order valence-electron chi connectivity index (χ2n) is 10.5. The van der Waals surface area contributed by atoms with Gasteiger partial charge in [-0.25, -0.2) is 0 Å². The average Bonchev–Trinajstić information content (AvgIpc) is 3.27. The van der Waals surface area contributed by atoms with Crippen molar-refractivity contribution in [2.75, 3.05) is 13.2 Å². The molecule has 16 heteroatoms. The minimum atomic E-state index is -1.45. The number of fused-ring (bicyclic) bond motifs is 4. The van der Waals surface area contributed by atoms with Crippen LogP contribution < -0.4 is 4.74 Å². The number of carbonyl (C=O) groups excluding carboxylic acids is 2. The van der Waals surface area contributed by atoms with Crippen LogP contribution in [0.25, 0.3) is 0 Å². The summed E-state index contributed by atoms with van der Waals surface area (Å²) in [7, 11) is 0. The highest BCUT2D eigenvalue weighted by molar-refractivity contribution is 6.12. The van der Waals surface area contributed by atoms with Crippen LogP contribution in [0.5, 0.6) is 5.75 Å². The molecule has 2 unspecified atom stereocenters. The van der Waals surface area contributed by atoms with Gasteiger partial charge in [0.25, 0.3) is 11.8 Å².